The minimum Gasteiger partial charge on any atom is -0.497 e. The highest BCUT2D eigenvalue weighted by Crippen LogP contribution is 2.25. The lowest BCUT2D eigenvalue weighted by Crippen LogP contribution is -2.43. The quantitative estimate of drug-likeness (QED) is 0.806. The first-order valence-corrected chi connectivity index (χ1v) is 8.42. The van der Waals surface area contributed by atoms with Gasteiger partial charge in [-0.15, -0.1) is 0 Å². The number of amides is 1. The fourth-order valence-electron chi connectivity index (χ4n) is 2.78. The summed E-state index contributed by atoms with van der Waals surface area (Å²) in [6, 6.07) is 10.7. The first-order chi connectivity index (χ1) is 11.8. The van der Waals surface area contributed by atoms with Crippen molar-refractivity contribution in [2.24, 2.45) is 5.92 Å². The van der Waals surface area contributed by atoms with E-state index >= 15 is 0 Å². The maximum absolute atomic E-state index is 12.5. The Hall–Kier alpha value is -2.56. The van der Waals surface area contributed by atoms with Crippen LogP contribution in [0.15, 0.2) is 36.4 Å². The molecule has 25 heavy (non-hydrogen) atoms. The molecule has 2 N–H and O–H groups in total. The smallest absolute Gasteiger partial charge is 0.326 e. The van der Waals surface area contributed by atoms with Crippen molar-refractivity contribution in [2.75, 3.05) is 7.11 Å². The standard InChI is InChI=1S/C20H25NO4/c1-12(2)9-18(20(23)24)21-19(22)13(3)14-5-6-16-11-17(25-4)8-7-15(16)10-14/h5-8,10-13,18H,9H2,1-4H3,(H,21,22)(H,23,24)/t13-,18?/m0/s1. The molecule has 2 aromatic rings. The van der Waals surface area contributed by atoms with E-state index in [-0.39, 0.29) is 11.8 Å². The number of carbonyl (C=O) groups excluding carboxylic acids is 1. The molecule has 1 amide bonds. The van der Waals surface area contributed by atoms with E-state index in [1.54, 1.807) is 14.0 Å². The van der Waals surface area contributed by atoms with E-state index in [2.05, 4.69) is 5.32 Å². The van der Waals surface area contributed by atoms with E-state index < -0.39 is 17.9 Å². The maximum atomic E-state index is 12.5. The number of ether oxygens (including phenoxy) is 1. The summed E-state index contributed by atoms with van der Waals surface area (Å²) in [5.74, 6) is -0.738. The summed E-state index contributed by atoms with van der Waals surface area (Å²) in [6.07, 6.45) is 0.408. The molecular formula is C20H25NO4. The number of methoxy groups -OCH3 is 1. The minimum absolute atomic E-state index is 0.187. The maximum Gasteiger partial charge on any atom is 0.326 e. The van der Waals surface area contributed by atoms with Crippen molar-refractivity contribution in [2.45, 2.75) is 39.2 Å². The number of fused-ring (bicyclic) bond motifs is 1. The van der Waals surface area contributed by atoms with Gasteiger partial charge in [0, 0.05) is 0 Å². The fourth-order valence-corrected chi connectivity index (χ4v) is 2.78. The van der Waals surface area contributed by atoms with Crippen LogP contribution in [0.25, 0.3) is 10.8 Å². The normalized spacial score (nSPS) is 13.5. The number of carbonyl (C=O) groups is 2. The van der Waals surface area contributed by atoms with Crippen LogP contribution in [0.4, 0.5) is 0 Å². The van der Waals surface area contributed by atoms with Crippen LogP contribution in [0.3, 0.4) is 0 Å². The number of nitrogens with one attached hydrogen (secondary N) is 1. The third-order valence-electron chi connectivity index (χ3n) is 4.29. The van der Waals surface area contributed by atoms with Gasteiger partial charge in [0.25, 0.3) is 0 Å². The van der Waals surface area contributed by atoms with Gasteiger partial charge in [-0.3, -0.25) is 4.79 Å². The lowest BCUT2D eigenvalue weighted by Gasteiger charge is -2.19. The molecule has 5 heteroatoms. The van der Waals surface area contributed by atoms with E-state index in [0.717, 1.165) is 22.1 Å². The van der Waals surface area contributed by atoms with Crippen molar-refractivity contribution in [3.8, 4) is 5.75 Å². The molecule has 2 aromatic carbocycles. The third kappa shape index (κ3) is 4.72. The Morgan fingerprint density at radius 2 is 1.72 bits per heavy atom. The van der Waals surface area contributed by atoms with Crippen molar-refractivity contribution < 1.29 is 19.4 Å². The molecule has 0 saturated heterocycles. The van der Waals surface area contributed by atoms with Gasteiger partial charge in [0.05, 0.1) is 13.0 Å². The average Bonchev–Trinajstić information content (AvgIpc) is 2.58. The number of benzene rings is 2. The molecule has 0 spiro atoms. The summed E-state index contributed by atoms with van der Waals surface area (Å²) in [7, 11) is 1.62. The van der Waals surface area contributed by atoms with Gasteiger partial charge >= 0.3 is 5.97 Å². The topological polar surface area (TPSA) is 75.6 Å². The first-order valence-electron chi connectivity index (χ1n) is 8.42. The molecule has 134 valence electrons. The summed E-state index contributed by atoms with van der Waals surface area (Å²) in [5, 5.41) is 14.0. The molecule has 0 heterocycles. The number of rotatable bonds is 7. The van der Waals surface area contributed by atoms with Crippen LogP contribution < -0.4 is 10.1 Å². The van der Waals surface area contributed by atoms with Gasteiger partial charge in [0.1, 0.15) is 11.8 Å². The largest absolute Gasteiger partial charge is 0.497 e. The number of hydrogen-bond donors (Lipinski definition) is 2. The Balaban J connectivity index is 2.18. The van der Waals surface area contributed by atoms with Gasteiger partial charge in [-0.25, -0.2) is 4.79 Å². The Kier molecular flexibility index (Phi) is 6.02. The predicted molar refractivity (Wildman–Crippen MR) is 97.9 cm³/mol. The van der Waals surface area contributed by atoms with Gasteiger partial charge in [-0.1, -0.05) is 38.1 Å². The van der Waals surface area contributed by atoms with Crippen LogP contribution >= 0.6 is 0 Å². The summed E-state index contributed by atoms with van der Waals surface area (Å²) >= 11 is 0. The molecule has 0 radical (unpaired) electrons. The summed E-state index contributed by atoms with van der Waals surface area (Å²) in [4.78, 5) is 23.8. The molecule has 0 fully saturated rings. The molecule has 2 atom stereocenters. The zero-order chi connectivity index (χ0) is 18.6. The Bertz CT molecular complexity index is 769. The summed E-state index contributed by atoms with van der Waals surface area (Å²) in [6.45, 7) is 5.65. The second-order valence-electron chi connectivity index (χ2n) is 6.72. The van der Waals surface area contributed by atoms with Crippen LogP contribution in [0, 0.1) is 5.92 Å². The van der Waals surface area contributed by atoms with Crippen LogP contribution in [-0.4, -0.2) is 30.1 Å². The monoisotopic (exact) mass is 343 g/mol. The molecule has 0 aliphatic rings. The first kappa shape index (κ1) is 18.8. The highest BCUT2D eigenvalue weighted by atomic mass is 16.5. The van der Waals surface area contributed by atoms with Gasteiger partial charge in [-0.2, -0.15) is 0 Å². The summed E-state index contributed by atoms with van der Waals surface area (Å²) in [5.41, 5.74) is 0.851. The Morgan fingerprint density at radius 3 is 2.32 bits per heavy atom. The highest BCUT2D eigenvalue weighted by Gasteiger charge is 2.24. The molecule has 2 rings (SSSR count). The molecule has 0 aromatic heterocycles. The minimum atomic E-state index is -1.00. The SMILES string of the molecule is COc1ccc2cc([C@H](C)C(=O)NC(CC(C)C)C(=O)O)ccc2c1. The second kappa shape index (κ2) is 8.01. The fraction of sp³-hybridized carbons (Fsp3) is 0.400. The average molecular weight is 343 g/mol. The zero-order valence-corrected chi connectivity index (χ0v) is 15.1. The number of carboxylic acids is 1. The van der Waals surface area contributed by atoms with Crippen molar-refractivity contribution in [3.05, 3.63) is 42.0 Å². The highest BCUT2D eigenvalue weighted by molar-refractivity contribution is 5.90. The van der Waals surface area contributed by atoms with E-state index in [9.17, 15) is 14.7 Å². The van der Waals surface area contributed by atoms with Crippen LogP contribution in [0.2, 0.25) is 0 Å². The van der Waals surface area contributed by atoms with Crippen LogP contribution in [0.1, 0.15) is 38.7 Å². The van der Waals surface area contributed by atoms with E-state index in [0.29, 0.717) is 6.42 Å². The molecule has 0 aliphatic carbocycles. The molecule has 5 nitrogen and oxygen atoms in total. The Morgan fingerprint density at radius 1 is 1.08 bits per heavy atom. The number of aliphatic carboxylic acids is 1. The second-order valence-corrected chi connectivity index (χ2v) is 6.72. The lowest BCUT2D eigenvalue weighted by atomic mass is 9.96. The van der Waals surface area contributed by atoms with E-state index in [1.807, 2.05) is 50.2 Å². The molecule has 1 unspecified atom stereocenters. The van der Waals surface area contributed by atoms with Crippen LogP contribution in [0.5, 0.6) is 5.75 Å². The van der Waals surface area contributed by atoms with Crippen molar-refractivity contribution in [1.82, 2.24) is 5.32 Å². The predicted octanol–water partition coefficient (Wildman–Crippen LogP) is 3.57. The molecular weight excluding hydrogens is 318 g/mol. The van der Waals surface area contributed by atoms with Gasteiger partial charge in [0.2, 0.25) is 5.91 Å². The van der Waals surface area contributed by atoms with E-state index in [4.69, 9.17) is 4.74 Å². The molecule has 0 bridgehead atoms. The molecule has 0 aliphatic heterocycles. The summed E-state index contributed by atoms with van der Waals surface area (Å²) < 4.78 is 5.22. The molecule has 0 saturated carbocycles. The van der Waals surface area contributed by atoms with Gasteiger partial charge in [0.15, 0.2) is 0 Å². The Labute approximate surface area is 148 Å². The van der Waals surface area contributed by atoms with Crippen molar-refractivity contribution in [3.63, 3.8) is 0 Å². The van der Waals surface area contributed by atoms with Crippen molar-refractivity contribution in [1.29, 1.82) is 0 Å². The van der Waals surface area contributed by atoms with Crippen molar-refractivity contribution >= 4 is 22.6 Å². The number of hydrogen-bond acceptors (Lipinski definition) is 3. The van der Waals surface area contributed by atoms with Crippen LogP contribution in [-0.2, 0) is 9.59 Å². The number of carboxylic acid groups (broad SMARTS) is 1. The van der Waals surface area contributed by atoms with Gasteiger partial charge in [-0.05, 0) is 47.7 Å². The third-order valence-corrected chi connectivity index (χ3v) is 4.29. The zero-order valence-electron chi connectivity index (χ0n) is 15.1. The van der Waals surface area contributed by atoms with E-state index in [1.165, 1.54) is 0 Å². The van der Waals surface area contributed by atoms with Gasteiger partial charge < -0.3 is 15.2 Å². The lowest BCUT2D eigenvalue weighted by molar-refractivity contribution is -0.142.